The lowest BCUT2D eigenvalue weighted by molar-refractivity contribution is -0.128. The average Bonchev–Trinajstić information content (AvgIpc) is 3.32. The summed E-state index contributed by atoms with van der Waals surface area (Å²) in [6.07, 6.45) is 0. The summed E-state index contributed by atoms with van der Waals surface area (Å²) in [5.41, 5.74) is 4.49. The zero-order chi connectivity index (χ0) is 25.4. The van der Waals surface area contributed by atoms with Gasteiger partial charge in [0.15, 0.2) is 5.16 Å². The quantitative estimate of drug-likeness (QED) is 0.310. The SMILES string of the molecule is Cc1ccc(-n2c(=O)c3ccccc3n3c(SCC(=O)N(C)C(C)c4ccccc4)nnc23)c(C)c1. The Morgan fingerprint density at radius 2 is 1.72 bits per heavy atom. The Kier molecular flexibility index (Phi) is 6.36. The molecule has 1 unspecified atom stereocenters. The first-order valence-corrected chi connectivity index (χ1v) is 12.8. The fourth-order valence-electron chi connectivity index (χ4n) is 4.44. The predicted molar refractivity (Wildman–Crippen MR) is 144 cm³/mol. The highest BCUT2D eigenvalue weighted by Crippen LogP contribution is 2.26. The van der Waals surface area contributed by atoms with Gasteiger partial charge in [-0.15, -0.1) is 10.2 Å². The molecule has 0 fully saturated rings. The Labute approximate surface area is 213 Å². The highest BCUT2D eigenvalue weighted by atomic mass is 32.2. The van der Waals surface area contributed by atoms with Gasteiger partial charge < -0.3 is 4.90 Å². The number of carbonyl (C=O) groups is 1. The molecule has 182 valence electrons. The molecule has 0 saturated heterocycles. The maximum absolute atomic E-state index is 13.6. The number of amides is 1. The van der Waals surface area contributed by atoms with E-state index in [1.165, 1.54) is 11.8 Å². The van der Waals surface area contributed by atoms with Crippen molar-refractivity contribution in [3.8, 4) is 5.69 Å². The lowest BCUT2D eigenvalue weighted by atomic mass is 10.1. The summed E-state index contributed by atoms with van der Waals surface area (Å²) < 4.78 is 3.48. The van der Waals surface area contributed by atoms with Crippen molar-refractivity contribution >= 4 is 34.3 Å². The molecular formula is C28H27N5O2S. The summed E-state index contributed by atoms with van der Waals surface area (Å²) in [4.78, 5) is 28.4. The van der Waals surface area contributed by atoms with Crippen molar-refractivity contribution in [3.63, 3.8) is 0 Å². The number of hydrogen-bond acceptors (Lipinski definition) is 5. The Morgan fingerprint density at radius 3 is 2.47 bits per heavy atom. The van der Waals surface area contributed by atoms with E-state index in [4.69, 9.17) is 0 Å². The van der Waals surface area contributed by atoms with Crippen molar-refractivity contribution in [1.82, 2.24) is 24.1 Å². The molecule has 1 amide bonds. The van der Waals surface area contributed by atoms with Gasteiger partial charge in [0.25, 0.3) is 5.56 Å². The van der Waals surface area contributed by atoms with Crippen molar-refractivity contribution in [2.75, 3.05) is 12.8 Å². The van der Waals surface area contributed by atoms with Crippen LogP contribution in [-0.4, -0.2) is 42.8 Å². The van der Waals surface area contributed by atoms with Crippen LogP contribution >= 0.6 is 11.8 Å². The maximum Gasteiger partial charge on any atom is 0.267 e. The lowest BCUT2D eigenvalue weighted by Crippen LogP contribution is -2.31. The number of para-hydroxylation sites is 1. The molecule has 1 atom stereocenters. The van der Waals surface area contributed by atoms with Gasteiger partial charge in [-0.05, 0) is 50.1 Å². The molecule has 2 heterocycles. The Morgan fingerprint density at radius 1 is 1.00 bits per heavy atom. The van der Waals surface area contributed by atoms with Crippen LogP contribution in [-0.2, 0) is 4.79 Å². The first-order chi connectivity index (χ1) is 17.4. The molecule has 36 heavy (non-hydrogen) atoms. The van der Waals surface area contributed by atoms with E-state index in [-0.39, 0.29) is 23.3 Å². The lowest BCUT2D eigenvalue weighted by Gasteiger charge is -2.25. The topological polar surface area (TPSA) is 72.5 Å². The van der Waals surface area contributed by atoms with Gasteiger partial charge >= 0.3 is 0 Å². The van der Waals surface area contributed by atoms with Crippen LogP contribution in [0.5, 0.6) is 0 Å². The predicted octanol–water partition coefficient (Wildman–Crippen LogP) is 4.96. The second-order valence-electron chi connectivity index (χ2n) is 8.95. The van der Waals surface area contributed by atoms with Crippen molar-refractivity contribution < 1.29 is 4.79 Å². The van der Waals surface area contributed by atoms with E-state index >= 15 is 0 Å². The van der Waals surface area contributed by atoms with E-state index < -0.39 is 0 Å². The third-order valence-electron chi connectivity index (χ3n) is 6.57. The van der Waals surface area contributed by atoms with E-state index in [0.717, 1.165) is 22.4 Å². The average molecular weight is 498 g/mol. The molecule has 0 radical (unpaired) electrons. The van der Waals surface area contributed by atoms with Gasteiger partial charge in [-0.1, -0.05) is 71.9 Å². The number of nitrogens with zero attached hydrogens (tertiary/aromatic N) is 5. The minimum atomic E-state index is -0.151. The van der Waals surface area contributed by atoms with Gasteiger partial charge in [0.1, 0.15) is 0 Å². The summed E-state index contributed by atoms with van der Waals surface area (Å²) in [5, 5.41) is 9.93. The zero-order valence-electron chi connectivity index (χ0n) is 20.7. The standard InChI is InChI=1S/C28H27N5O2S/c1-18-14-15-23(19(2)16-18)32-26(35)22-12-8-9-13-24(22)33-27(32)29-30-28(33)36-17-25(34)31(4)20(3)21-10-6-5-7-11-21/h5-16,20H,17H2,1-4H3. The number of aromatic nitrogens is 4. The maximum atomic E-state index is 13.6. The van der Waals surface area contributed by atoms with Gasteiger partial charge in [-0.25, -0.2) is 4.57 Å². The molecule has 0 aliphatic carbocycles. The van der Waals surface area contributed by atoms with Crippen molar-refractivity contribution in [3.05, 3.63) is 99.8 Å². The van der Waals surface area contributed by atoms with Gasteiger partial charge in [0.2, 0.25) is 11.7 Å². The second-order valence-corrected chi connectivity index (χ2v) is 9.89. The van der Waals surface area contributed by atoms with Crippen molar-refractivity contribution in [2.45, 2.75) is 32.0 Å². The van der Waals surface area contributed by atoms with Crippen LogP contribution < -0.4 is 5.56 Å². The first kappa shape index (κ1) is 23.8. The molecule has 2 aromatic heterocycles. The van der Waals surface area contributed by atoms with Gasteiger partial charge in [0, 0.05) is 7.05 Å². The zero-order valence-corrected chi connectivity index (χ0v) is 21.5. The number of hydrogen-bond donors (Lipinski definition) is 0. The number of thioether (sulfide) groups is 1. The Balaban J connectivity index is 1.54. The molecule has 8 heteroatoms. The molecular weight excluding hydrogens is 470 g/mol. The molecule has 0 saturated carbocycles. The van der Waals surface area contributed by atoms with Crippen LogP contribution in [0.1, 0.15) is 29.7 Å². The minimum absolute atomic E-state index is 0.0138. The summed E-state index contributed by atoms with van der Waals surface area (Å²) in [7, 11) is 1.82. The summed E-state index contributed by atoms with van der Waals surface area (Å²) in [5.74, 6) is 0.609. The van der Waals surface area contributed by atoms with Gasteiger partial charge in [-0.2, -0.15) is 0 Å². The van der Waals surface area contributed by atoms with Crippen LogP contribution in [0.25, 0.3) is 22.4 Å². The van der Waals surface area contributed by atoms with E-state index in [9.17, 15) is 9.59 Å². The van der Waals surface area contributed by atoms with E-state index in [0.29, 0.717) is 21.8 Å². The van der Waals surface area contributed by atoms with Crippen LogP contribution in [0.3, 0.4) is 0 Å². The number of fused-ring (bicyclic) bond motifs is 3. The Hall–Kier alpha value is -3.91. The molecule has 0 bridgehead atoms. The molecule has 5 aromatic rings. The Bertz CT molecular complexity index is 1640. The smallest absolute Gasteiger partial charge is 0.267 e. The van der Waals surface area contributed by atoms with Crippen LogP contribution in [0, 0.1) is 13.8 Å². The van der Waals surface area contributed by atoms with Gasteiger partial charge in [-0.3, -0.25) is 14.0 Å². The third-order valence-corrected chi connectivity index (χ3v) is 7.48. The van der Waals surface area contributed by atoms with E-state index in [1.807, 2.05) is 105 Å². The van der Waals surface area contributed by atoms with Crippen molar-refractivity contribution in [2.24, 2.45) is 0 Å². The van der Waals surface area contributed by atoms with Gasteiger partial charge in [0.05, 0.1) is 28.4 Å². The van der Waals surface area contributed by atoms with Crippen LogP contribution in [0.15, 0.2) is 82.7 Å². The highest BCUT2D eigenvalue weighted by molar-refractivity contribution is 7.99. The highest BCUT2D eigenvalue weighted by Gasteiger charge is 2.22. The minimum Gasteiger partial charge on any atom is -0.338 e. The number of carbonyl (C=O) groups excluding carboxylic acids is 1. The first-order valence-electron chi connectivity index (χ1n) is 11.8. The molecule has 0 N–H and O–H groups in total. The normalized spacial score (nSPS) is 12.2. The summed E-state index contributed by atoms with van der Waals surface area (Å²) in [6, 6.07) is 23.3. The number of rotatable bonds is 6. The molecule has 0 spiro atoms. The number of aryl methyl sites for hydroxylation is 2. The number of benzene rings is 3. The summed E-state index contributed by atoms with van der Waals surface area (Å²) in [6.45, 7) is 6.02. The third kappa shape index (κ3) is 4.18. The second kappa shape index (κ2) is 9.62. The molecule has 0 aliphatic rings. The summed E-state index contributed by atoms with van der Waals surface area (Å²) >= 11 is 1.32. The fourth-order valence-corrected chi connectivity index (χ4v) is 5.31. The molecule has 5 rings (SSSR count). The monoisotopic (exact) mass is 497 g/mol. The largest absolute Gasteiger partial charge is 0.338 e. The van der Waals surface area contributed by atoms with Crippen LogP contribution in [0.4, 0.5) is 0 Å². The van der Waals surface area contributed by atoms with Crippen molar-refractivity contribution in [1.29, 1.82) is 0 Å². The van der Waals surface area contributed by atoms with Crippen LogP contribution in [0.2, 0.25) is 0 Å². The molecule has 7 nitrogen and oxygen atoms in total. The molecule has 0 aliphatic heterocycles. The molecule has 3 aromatic carbocycles. The fraction of sp³-hybridized carbons (Fsp3) is 0.214. The van der Waals surface area contributed by atoms with E-state index in [2.05, 4.69) is 10.2 Å². The van der Waals surface area contributed by atoms with E-state index in [1.54, 1.807) is 9.47 Å².